The molecule has 2 rings (SSSR count). The van der Waals surface area contributed by atoms with E-state index in [1.165, 1.54) is 6.07 Å². The van der Waals surface area contributed by atoms with Crippen LogP contribution >= 0.6 is 39.1 Å². The van der Waals surface area contributed by atoms with Gasteiger partial charge < -0.3 is 10.1 Å². The second-order valence-corrected chi connectivity index (χ2v) is 8.60. The maximum absolute atomic E-state index is 12.2. The molecule has 166 valence electrons. The maximum atomic E-state index is 12.2. The molecular formula is C21H22BrCl2N3O4. The van der Waals surface area contributed by atoms with Crippen LogP contribution in [0.3, 0.4) is 0 Å². The second kappa shape index (κ2) is 11.4. The average Bonchev–Trinajstić information content (AvgIpc) is 2.69. The molecule has 10 heteroatoms. The van der Waals surface area contributed by atoms with Crippen LogP contribution in [0.4, 0.5) is 5.69 Å². The Morgan fingerprint density at radius 2 is 1.61 bits per heavy atom. The van der Waals surface area contributed by atoms with E-state index >= 15 is 0 Å². The Kier molecular flexibility index (Phi) is 9.15. The predicted molar refractivity (Wildman–Crippen MR) is 124 cm³/mol. The van der Waals surface area contributed by atoms with Gasteiger partial charge in [0.25, 0.3) is 5.91 Å². The van der Waals surface area contributed by atoms with Crippen LogP contribution in [0.25, 0.3) is 0 Å². The number of ether oxygens (including phenoxy) is 1. The third kappa shape index (κ3) is 7.72. The molecule has 0 heterocycles. The van der Waals surface area contributed by atoms with Gasteiger partial charge in [-0.3, -0.25) is 25.2 Å². The van der Waals surface area contributed by atoms with Gasteiger partial charge in [0, 0.05) is 22.3 Å². The number of halogens is 3. The summed E-state index contributed by atoms with van der Waals surface area (Å²) in [7, 11) is 0. The maximum Gasteiger partial charge on any atom is 0.279 e. The molecule has 0 saturated carbocycles. The lowest BCUT2D eigenvalue weighted by molar-refractivity contribution is -0.133. The summed E-state index contributed by atoms with van der Waals surface area (Å²) in [5, 5.41) is 3.34. The van der Waals surface area contributed by atoms with Crippen molar-refractivity contribution < 1.29 is 19.1 Å². The molecule has 31 heavy (non-hydrogen) atoms. The summed E-state index contributed by atoms with van der Waals surface area (Å²) < 4.78 is 6.66. The first kappa shape index (κ1) is 25.0. The van der Waals surface area contributed by atoms with E-state index in [2.05, 4.69) is 32.1 Å². The molecule has 2 aromatic rings. The summed E-state index contributed by atoms with van der Waals surface area (Å²) in [4.78, 5) is 36.2. The van der Waals surface area contributed by atoms with Crippen LogP contribution in [0, 0.1) is 13.8 Å². The zero-order valence-electron chi connectivity index (χ0n) is 17.1. The number of hydrogen-bond acceptors (Lipinski definition) is 4. The highest BCUT2D eigenvalue weighted by Crippen LogP contribution is 2.28. The number of aryl methyl sites for hydroxylation is 2. The fourth-order valence-corrected chi connectivity index (χ4v) is 3.78. The van der Waals surface area contributed by atoms with E-state index in [1.807, 2.05) is 26.0 Å². The van der Waals surface area contributed by atoms with Crippen molar-refractivity contribution in [2.24, 2.45) is 0 Å². The lowest BCUT2D eigenvalue weighted by Gasteiger charge is -2.18. The van der Waals surface area contributed by atoms with Crippen molar-refractivity contribution in [3.05, 3.63) is 56.0 Å². The molecule has 0 aliphatic heterocycles. The number of hydrazine groups is 1. The Balaban J connectivity index is 1.77. The van der Waals surface area contributed by atoms with Crippen LogP contribution in [-0.2, 0) is 14.4 Å². The first-order valence-electron chi connectivity index (χ1n) is 9.34. The molecule has 0 saturated heterocycles. The fourth-order valence-electron chi connectivity index (χ4n) is 2.64. The number of hydrogen-bond donors (Lipinski definition) is 3. The lowest BCUT2D eigenvalue weighted by atomic mass is 10.1. The van der Waals surface area contributed by atoms with Crippen molar-refractivity contribution in [1.82, 2.24) is 10.9 Å². The molecule has 0 fully saturated rings. The van der Waals surface area contributed by atoms with Crippen LogP contribution in [0.5, 0.6) is 5.75 Å². The molecule has 1 unspecified atom stereocenters. The van der Waals surface area contributed by atoms with E-state index in [0.29, 0.717) is 21.5 Å². The summed E-state index contributed by atoms with van der Waals surface area (Å²) in [6.07, 6.45) is -1.06. The first-order valence-corrected chi connectivity index (χ1v) is 10.9. The van der Waals surface area contributed by atoms with Gasteiger partial charge in [0.2, 0.25) is 11.8 Å². The van der Waals surface area contributed by atoms with Crippen molar-refractivity contribution in [1.29, 1.82) is 0 Å². The molecule has 1 atom stereocenters. The number of rotatable bonds is 7. The minimum Gasteiger partial charge on any atom is -0.480 e. The monoisotopic (exact) mass is 529 g/mol. The molecule has 0 spiro atoms. The van der Waals surface area contributed by atoms with Crippen molar-refractivity contribution in [3.8, 4) is 5.75 Å². The largest absolute Gasteiger partial charge is 0.480 e. The fraction of sp³-hybridized carbons (Fsp3) is 0.286. The van der Waals surface area contributed by atoms with E-state index in [1.54, 1.807) is 19.1 Å². The Morgan fingerprint density at radius 1 is 1.00 bits per heavy atom. The molecule has 2 aromatic carbocycles. The van der Waals surface area contributed by atoms with Gasteiger partial charge in [0.05, 0.1) is 10.7 Å². The smallest absolute Gasteiger partial charge is 0.279 e. The van der Waals surface area contributed by atoms with Gasteiger partial charge in [-0.15, -0.1) is 0 Å². The van der Waals surface area contributed by atoms with Gasteiger partial charge in [-0.2, -0.15) is 0 Å². The first-order chi connectivity index (χ1) is 14.6. The van der Waals surface area contributed by atoms with E-state index in [9.17, 15) is 14.4 Å². The molecule has 3 N–H and O–H groups in total. The van der Waals surface area contributed by atoms with Gasteiger partial charge in [-0.25, -0.2) is 0 Å². The molecular weight excluding hydrogens is 509 g/mol. The minimum atomic E-state index is -0.839. The third-order valence-corrected chi connectivity index (χ3v) is 5.20. The molecule has 3 amide bonds. The topological polar surface area (TPSA) is 96.5 Å². The highest BCUT2D eigenvalue weighted by atomic mass is 79.9. The zero-order valence-corrected chi connectivity index (χ0v) is 20.2. The molecule has 0 aliphatic rings. The highest BCUT2D eigenvalue weighted by molar-refractivity contribution is 9.10. The van der Waals surface area contributed by atoms with Crippen molar-refractivity contribution in [3.63, 3.8) is 0 Å². The van der Waals surface area contributed by atoms with Crippen LogP contribution in [0.2, 0.25) is 10.0 Å². The molecule has 0 bridgehead atoms. The lowest BCUT2D eigenvalue weighted by Crippen LogP contribution is -2.47. The summed E-state index contributed by atoms with van der Waals surface area (Å²) >= 11 is 15.2. The molecule has 0 radical (unpaired) electrons. The quantitative estimate of drug-likeness (QED) is 0.452. The molecule has 0 aromatic heterocycles. The van der Waals surface area contributed by atoms with E-state index in [0.717, 1.165) is 15.6 Å². The van der Waals surface area contributed by atoms with Crippen molar-refractivity contribution in [2.75, 3.05) is 5.32 Å². The predicted octanol–water partition coefficient (Wildman–Crippen LogP) is 4.71. The zero-order chi connectivity index (χ0) is 23.1. The molecule has 7 nitrogen and oxygen atoms in total. The van der Waals surface area contributed by atoms with Gasteiger partial charge in [-0.05, 0) is 62.2 Å². The van der Waals surface area contributed by atoms with Crippen molar-refractivity contribution >= 4 is 62.5 Å². The van der Waals surface area contributed by atoms with Gasteiger partial charge in [0.1, 0.15) is 5.75 Å². The second-order valence-electron chi connectivity index (χ2n) is 6.84. The van der Waals surface area contributed by atoms with E-state index < -0.39 is 23.8 Å². The van der Waals surface area contributed by atoms with E-state index in [-0.39, 0.29) is 12.8 Å². The van der Waals surface area contributed by atoms with Crippen molar-refractivity contribution in [2.45, 2.75) is 39.7 Å². The number of benzene rings is 2. The Morgan fingerprint density at radius 3 is 2.23 bits per heavy atom. The van der Waals surface area contributed by atoms with Gasteiger partial charge >= 0.3 is 0 Å². The number of amides is 3. The van der Waals surface area contributed by atoms with Gasteiger partial charge in [0.15, 0.2) is 6.10 Å². The molecule has 0 aliphatic carbocycles. The normalized spacial score (nSPS) is 11.4. The van der Waals surface area contributed by atoms with Crippen LogP contribution in [0.1, 0.15) is 30.9 Å². The van der Waals surface area contributed by atoms with Crippen LogP contribution in [0.15, 0.2) is 34.8 Å². The summed E-state index contributed by atoms with van der Waals surface area (Å²) in [6, 6.07) is 8.43. The third-order valence-electron chi connectivity index (χ3n) is 4.20. The number of carbonyl (C=O) groups is 3. The summed E-state index contributed by atoms with van der Waals surface area (Å²) in [5.74, 6) is -0.834. The minimum absolute atomic E-state index is 0.0933. The van der Waals surface area contributed by atoms with Crippen LogP contribution < -0.4 is 20.9 Å². The van der Waals surface area contributed by atoms with E-state index in [4.69, 9.17) is 27.9 Å². The highest BCUT2D eigenvalue weighted by Gasteiger charge is 2.18. The number of carbonyl (C=O) groups excluding carboxylic acids is 3. The Bertz CT molecular complexity index is 978. The summed E-state index contributed by atoms with van der Waals surface area (Å²) in [6.45, 7) is 5.33. The Labute approximate surface area is 198 Å². The van der Waals surface area contributed by atoms with Crippen LogP contribution in [-0.4, -0.2) is 23.8 Å². The average molecular weight is 531 g/mol. The Hall–Kier alpha value is -2.29. The SMILES string of the molecule is Cc1cc(Br)cc(C)c1OC(C)C(=O)NNC(=O)CCC(=O)Nc1ccc(Cl)cc1Cl. The number of anilines is 1. The standard InChI is InChI=1S/C21H22BrCl2N3O4/c1-11-8-14(22)9-12(2)20(11)31-13(3)21(30)27-26-19(29)7-6-18(28)25-17-5-4-15(23)10-16(17)24/h4-5,8-10,13H,6-7H2,1-3H3,(H,25,28)(H,26,29)(H,27,30). The number of nitrogens with one attached hydrogen (secondary N) is 3. The van der Waals surface area contributed by atoms with Gasteiger partial charge in [-0.1, -0.05) is 39.1 Å². The summed E-state index contributed by atoms with van der Waals surface area (Å²) in [5.41, 5.74) is 6.73.